The molecular formula is C17H14ClN3OS. The van der Waals surface area contributed by atoms with Crippen LogP contribution in [0.25, 0.3) is 11.3 Å². The Kier molecular flexibility index (Phi) is 4.69. The SMILES string of the molecule is Cc1ccc(-c2nnsc2C(=O)NCc2ccc(Cl)cc2)cc1. The maximum atomic E-state index is 12.4. The monoisotopic (exact) mass is 343 g/mol. The smallest absolute Gasteiger partial charge is 0.265 e. The Labute approximate surface area is 143 Å². The van der Waals surface area contributed by atoms with Crippen molar-refractivity contribution in [3.05, 3.63) is 69.6 Å². The molecule has 0 aliphatic rings. The summed E-state index contributed by atoms with van der Waals surface area (Å²) in [5.41, 5.74) is 3.65. The zero-order valence-electron chi connectivity index (χ0n) is 12.4. The van der Waals surface area contributed by atoms with Gasteiger partial charge in [-0.1, -0.05) is 58.1 Å². The quantitative estimate of drug-likeness (QED) is 0.776. The molecule has 2 aromatic carbocycles. The van der Waals surface area contributed by atoms with Gasteiger partial charge in [-0.25, -0.2) is 0 Å². The van der Waals surface area contributed by atoms with Crippen LogP contribution in [0.4, 0.5) is 0 Å². The molecule has 1 aromatic heterocycles. The highest BCUT2D eigenvalue weighted by Gasteiger charge is 2.17. The predicted octanol–water partition coefficient (Wildman–Crippen LogP) is 4.10. The van der Waals surface area contributed by atoms with Gasteiger partial charge in [0.2, 0.25) is 0 Å². The van der Waals surface area contributed by atoms with E-state index in [0.29, 0.717) is 22.1 Å². The normalized spacial score (nSPS) is 10.5. The summed E-state index contributed by atoms with van der Waals surface area (Å²) in [5.74, 6) is -0.175. The number of hydrogen-bond acceptors (Lipinski definition) is 4. The molecule has 1 heterocycles. The van der Waals surface area contributed by atoms with Gasteiger partial charge in [-0.05, 0) is 36.2 Å². The molecule has 116 valence electrons. The van der Waals surface area contributed by atoms with E-state index in [1.54, 1.807) is 12.1 Å². The van der Waals surface area contributed by atoms with E-state index in [-0.39, 0.29) is 5.91 Å². The lowest BCUT2D eigenvalue weighted by Crippen LogP contribution is -2.22. The Morgan fingerprint density at radius 1 is 1.13 bits per heavy atom. The highest BCUT2D eigenvalue weighted by Crippen LogP contribution is 2.24. The van der Waals surface area contributed by atoms with Gasteiger partial charge in [0.05, 0.1) is 0 Å². The number of carbonyl (C=O) groups excluding carboxylic acids is 1. The van der Waals surface area contributed by atoms with Gasteiger partial charge in [-0.3, -0.25) is 4.79 Å². The lowest BCUT2D eigenvalue weighted by atomic mass is 10.1. The molecule has 3 aromatic rings. The zero-order valence-corrected chi connectivity index (χ0v) is 14.0. The Morgan fingerprint density at radius 3 is 2.52 bits per heavy atom. The predicted molar refractivity (Wildman–Crippen MR) is 92.7 cm³/mol. The molecule has 0 atom stereocenters. The number of aryl methyl sites for hydroxylation is 1. The van der Waals surface area contributed by atoms with Gasteiger partial charge in [0.1, 0.15) is 10.6 Å². The van der Waals surface area contributed by atoms with Gasteiger partial charge < -0.3 is 5.32 Å². The molecule has 0 saturated carbocycles. The minimum absolute atomic E-state index is 0.175. The van der Waals surface area contributed by atoms with E-state index in [2.05, 4.69) is 14.9 Å². The molecule has 0 saturated heterocycles. The zero-order chi connectivity index (χ0) is 16.2. The summed E-state index contributed by atoms with van der Waals surface area (Å²) in [6, 6.07) is 15.2. The molecule has 0 spiro atoms. The molecule has 23 heavy (non-hydrogen) atoms. The number of nitrogens with one attached hydrogen (secondary N) is 1. The molecule has 6 heteroatoms. The second kappa shape index (κ2) is 6.89. The van der Waals surface area contributed by atoms with Crippen molar-refractivity contribution in [2.24, 2.45) is 0 Å². The van der Waals surface area contributed by atoms with E-state index in [1.807, 2.05) is 43.3 Å². The maximum absolute atomic E-state index is 12.4. The Morgan fingerprint density at radius 2 is 1.83 bits per heavy atom. The maximum Gasteiger partial charge on any atom is 0.265 e. The topological polar surface area (TPSA) is 54.9 Å². The molecule has 0 radical (unpaired) electrons. The highest BCUT2D eigenvalue weighted by atomic mass is 35.5. The number of benzene rings is 2. The van der Waals surface area contributed by atoms with Crippen LogP contribution in [0.2, 0.25) is 5.02 Å². The van der Waals surface area contributed by atoms with Crippen LogP contribution in [0.3, 0.4) is 0 Å². The van der Waals surface area contributed by atoms with Crippen LogP contribution in [0.15, 0.2) is 48.5 Å². The van der Waals surface area contributed by atoms with Crippen LogP contribution < -0.4 is 5.32 Å². The molecule has 0 unspecified atom stereocenters. The van der Waals surface area contributed by atoms with Crippen LogP contribution in [-0.2, 0) is 6.54 Å². The summed E-state index contributed by atoms with van der Waals surface area (Å²) in [6.45, 7) is 2.45. The van der Waals surface area contributed by atoms with E-state index < -0.39 is 0 Å². The van der Waals surface area contributed by atoms with E-state index >= 15 is 0 Å². The summed E-state index contributed by atoms with van der Waals surface area (Å²) in [7, 11) is 0. The third kappa shape index (κ3) is 3.75. The third-order valence-electron chi connectivity index (χ3n) is 3.39. The number of halogens is 1. The fraction of sp³-hybridized carbons (Fsp3) is 0.118. The molecule has 0 bridgehead atoms. The number of amides is 1. The molecule has 3 rings (SSSR count). The number of hydrogen-bond donors (Lipinski definition) is 1. The largest absolute Gasteiger partial charge is 0.347 e. The lowest BCUT2D eigenvalue weighted by Gasteiger charge is -2.05. The van der Waals surface area contributed by atoms with Crippen LogP contribution in [0.1, 0.15) is 20.8 Å². The first-order chi connectivity index (χ1) is 11.1. The van der Waals surface area contributed by atoms with Crippen molar-refractivity contribution in [1.82, 2.24) is 14.9 Å². The van der Waals surface area contributed by atoms with E-state index in [9.17, 15) is 4.79 Å². The molecule has 1 amide bonds. The van der Waals surface area contributed by atoms with Crippen LogP contribution in [0.5, 0.6) is 0 Å². The summed E-state index contributed by atoms with van der Waals surface area (Å²) in [6.07, 6.45) is 0. The van der Waals surface area contributed by atoms with Crippen molar-refractivity contribution in [3.8, 4) is 11.3 Å². The van der Waals surface area contributed by atoms with Crippen molar-refractivity contribution in [2.45, 2.75) is 13.5 Å². The molecule has 4 nitrogen and oxygen atoms in total. The molecule has 1 N–H and O–H groups in total. The molecule has 0 aliphatic heterocycles. The van der Waals surface area contributed by atoms with E-state index in [4.69, 9.17) is 11.6 Å². The second-order valence-electron chi connectivity index (χ2n) is 5.13. The average Bonchev–Trinajstić information content (AvgIpc) is 3.04. The average molecular weight is 344 g/mol. The van der Waals surface area contributed by atoms with Gasteiger partial charge in [0.25, 0.3) is 5.91 Å². The first-order valence-corrected chi connectivity index (χ1v) is 8.20. The van der Waals surface area contributed by atoms with Gasteiger partial charge in [0.15, 0.2) is 0 Å². The van der Waals surface area contributed by atoms with Crippen molar-refractivity contribution in [3.63, 3.8) is 0 Å². The number of rotatable bonds is 4. The highest BCUT2D eigenvalue weighted by molar-refractivity contribution is 7.08. The minimum Gasteiger partial charge on any atom is -0.347 e. The van der Waals surface area contributed by atoms with Crippen LogP contribution in [0, 0.1) is 6.92 Å². The van der Waals surface area contributed by atoms with Gasteiger partial charge in [0, 0.05) is 17.1 Å². The standard InChI is InChI=1S/C17H14ClN3OS/c1-11-2-6-13(7-3-11)15-16(23-21-20-15)17(22)19-10-12-4-8-14(18)9-5-12/h2-9H,10H2,1H3,(H,19,22). The molecular weight excluding hydrogens is 330 g/mol. The Balaban J connectivity index is 1.74. The summed E-state index contributed by atoms with van der Waals surface area (Å²) >= 11 is 6.95. The third-order valence-corrected chi connectivity index (χ3v) is 4.36. The first kappa shape index (κ1) is 15.6. The second-order valence-corrected chi connectivity index (χ2v) is 6.32. The fourth-order valence-electron chi connectivity index (χ4n) is 2.10. The van der Waals surface area contributed by atoms with Crippen LogP contribution >= 0.6 is 23.1 Å². The van der Waals surface area contributed by atoms with Gasteiger partial charge >= 0.3 is 0 Å². The van der Waals surface area contributed by atoms with Gasteiger partial charge in [-0.15, -0.1) is 5.10 Å². The molecule has 0 aliphatic carbocycles. The Bertz CT molecular complexity index is 813. The van der Waals surface area contributed by atoms with E-state index in [0.717, 1.165) is 28.2 Å². The van der Waals surface area contributed by atoms with Crippen molar-refractivity contribution >= 4 is 29.0 Å². The summed E-state index contributed by atoms with van der Waals surface area (Å²) in [5, 5.41) is 7.66. The molecule has 0 fully saturated rings. The fourth-order valence-corrected chi connectivity index (χ4v) is 2.84. The Hall–Kier alpha value is -2.24. The first-order valence-electron chi connectivity index (χ1n) is 7.05. The number of nitrogens with zero attached hydrogens (tertiary/aromatic N) is 2. The number of aromatic nitrogens is 2. The lowest BCUT2D eigenvalue weighted by molar-refractivity contribution is 0.0955. The van der Waals surface area contributed by atoms with Crippen molar-refractivity contribution in [2.75, 3.05) is 0 Å². The van der Waals surface area contributed by atoms with Gasteiger partial charge in [-0.2, -0.15) is 0 Å². The summed E-state index contributed by atoms with van der Waals surface area (Å²) in [4.78, 5) is 12.9. The van der Waals surface area contributed by atoms with Crippen molar-refractivity contribution < 1.29 is 4.79 Å². The van der Waals surface area contributed by atoms with Crippen molar-refractivity contribution in [1.29, 1.82) is 0 Å². The number of carbonyl (C=O) groups is 1. The van der Waals surface area contributed by atoms with Crippen LogP contribution in [-0.4, -0.2) is 15.5 Å². The minimum atomic E-state index is -0.175. The summed E-state index contributed by atoms with van der Waals surface area (Å²) < 4.78 is 3.92. The van der Waals surface area contributed by atoms with E-state index in [1.165, 1.54) is 0 Å².